The number of aromatic nitrogens is 4. The van der Waals surface area contributed by atoms with E-state index in [4.69, 9.17) is 5.73 Å². The van der Waals surface area contributed by atoms with E-state index in [1.807, 2.05) is 41.8 Å². The molecule has 0 spiro atoms. The molecule has 0 aliphatic heterocycles. The fourth-order valence-electron chi connectivity index (χ4n) is 1.73. The highest BCUT2D eigenvalue weighted by Crippen LogP contribution is 2.05. The molecule has 0 bridgehead atoms. The Hall–Kier alpha value is -1.62. The summed E-state index contributed by atoms with van der Waals surface area (Å²) in [5.74, 6) is 1.07. The minimum absolute atomic E-state index is 0.550. The van der Waals surface area contributed by atoms with E-state index in [0.29, 0.717) is 6.54 Å². The van der Waals surface area contributed by atoms with E-state index < -0.39 is 0 Å². The molecule has 0 radical (unpaired) electrons. The highest BCUT2D eigenvalue weighted by molar-refractivity contribution is 5.14. The van der Waals surface area contributed by atoms with Gasteiger partial charge in [0.25, 0.3) is 0 Å². The van der Waals surface area contributed by atoms with Gasteiger partial charge in [0.05, 0.1) is 5.69 Å². The maximum atomic E-state index is 5.61. The van der Waals surface area contributed by atoms with Crippen LogP contribution in [0.5, 0.6) is 0 Å². The first-order valence-corrected chi connectivity index (χ1v) is 5.40. The van der Waals surface area contributed by atoms with Crippen molar-refractivity contribution in [2.24, 2.45) is 12.8 Å². The zero-order valence-corrected chi connectivity index (χ0v) is 9.72. The van der Waals surface area contributed by atoms with E-state index >= 15 is 0 Å². The van der Waals surface area contributed by atoms with Gasteiger partial charge < -0.3 is 10.3 Å². The number of imidazole rings is 1. The third-order valence-corrected chi connectivity index (χ3v) is 2.75. The molecule has 0 aliphatic carbocycles. The summed E-state index contributed by atoms with van der Waals surface area (Å²) in [6.45, 7) is 3.37. The number of nitrogens with zero attached hydrogens (tertiary/aromatic N) is 4. The van der Waals surface area contributed by atoms with Crippen molar-refractivity contribution >= 4 is 0 Å². The van der Waals surface area contributed by atoms with Crippen molar-refractivity contribution in [3.63, 3.8) is 0 Å². The molecule has 0 saturated heterocycles. The first-order valence-electron chi connectivity index (χ1n) is 5.40. The summed E-state index contributed by atoms with van der Waals surface area (Å²) >= 11 is 0. The minimum atomic E-state index is 0.550. The monoisotopic (exact) mass is 219 g/mol. The maximum absolute atomic E-state index is 5.61. The fourth-order valence-corrected chi connectivity index (χ4v) is 1.73. The van der Waals surface area contributed by atoms with Gasteiger partial charge in [-0.2, -0.15) is 5.10 Å². The molecule has 0 unspecified atom stereocenters. The van der Waals surface area contributed by atoms with Gasteiger partial charge in [-0.3, -0.25) is 4.68 Å². The topological polar surface area (TPSA) is 61.7 Å². The van der Waals surface area contributed by atoms with Crippen LogP contribution in [-0.4, -0.2) is 19.3 Å². The number of nitrogens with two attached hydrogens (primary N) is 1. The van der Waals surface area contributed by atoms with Crippen LogP contribution in [0.3, 0.4) is 0 Å². The second-order valence-electron chi connectivity index (χ2n) is 3.91. The van der Waals surface area contributed by atoms with Gasteiger partial charge in [-0.15, -0.1) is 0 Å². The van der Waals surface area contributed by atoms with E-state index in [-0.39, 0.29) is 0 Å². The highest BCUT2D eigenvalue weighted by Gasteiger charge is 2.04. The molecule has 0 amide bonds. The highest BCUT2D eigenvalue weighted by atomic mass is 15.3. The number of rotatable bonds is 4. The van der Waals surface area contributed by atoms with Gasteiger partial charge in [0, 0.05) is 50.7 Å². The Balaban J connectivity index is 2.02. The van der Waals surface area contributed by atoms with Crippen molar-refractivity contribution in [2.45, 2.75) is 26.4 Å². The second-order valence-corrected chi connectivity index (χ2v) is 3.91. The molecule has 2 heterocycles. The van der Waals surface area contributed by atoms with Crippen molar-refractivity contribution in [3.8, 4) is 0 Å². The first kappa shape index (κ1) is 10.9. The van der Waals surface area contributed by atoms with Crippen LogP contribution in [0.4, 0.5) is 0 Å². The molecular formula is C11H17N5. The van der Waals surface area contributed by atoms with E-state index in [2.05, 4.69) is 10.1 Å². The summed E-state index contributed by atoms with van der Waals surface area (Å²) in [6.07, 6.45) is 6.66. The molecule has 0 saturated carbocycles. The Morgan fingerprint density at radius 2 is 2.25 bits per heavy atom. The van der Waals surface area contributed by atoms with Crippen LogP contribution in [0.2, 0.25) is 0 Å². The van der Waals surface area contributed by atoms with Crippen molar-refractivity contribution in [1.82, 2.24) is 19.3 Å². The van der Waals surface area contributed by atoms with Crippen LogP contribution in [0, 0.1) is 6.92 Å². The Kier molecular flexibility index (Phi) is 3.05. The summed E-state index contributed by atoms with van der Waals surface area (Å²) in [6, 6.07) is 0. The average molecular weight is 219 g/mol. The van der Waals surface area contributed by atoms with Crippen LogP contribution >= 0.6 is 0 Å². The number of hydrogen-bond donors (Lipinski definition) is 1. The maximum Gasteiger partial charge on any atom is 0.110 e. The normalized spacial score (nSPS) is 10.9. The Morgan fingerprint density at radius 1 is 1.44 bits per heavy atom. The van der Waals surface area contributed by atoms with E-state index in [1.54, 1.807) is 0 Å². The molecule has 0 atom stereocenters. The SMILES string of the molecule is Cc1nn(CCc2nccn2C)cc1CN. The second kappa shape index (κ2) is 4.49. The van der Waals surface area contributed by atoms with Crippen molar-refractivity contribution in [1.29, 1.82) is 0 Å². The third kappa shape index (κ3) is 2.14. The van der Waals surface area contributed by atoms with Gasteiger partial charge in [-0.1, -0.05) is 0 Å². The molecule has 2 N–H and O–H groups in total. The lowest BCUT2D eigenvalue weighted by Gasteiger charge is -2.01. The summed E-state index contributed by atoms with van der Waals surface area (Å²) in [5, 5.41) is 4.41. The zero-order valence-electron chi connectivity index (χ0n) is 9.72. The van der Waals surface area contributed by atoms with Crippen molar-refractivity contribution in [2.75, 3.05) is 0 Å². The third-order valence-electron chi connectivity index (χ3n) is 2.75. The van der Waals surface area contributed by atoms with E-state index in [9.17, 15) is 0 Å². The van der Waals surface area contributed by atoms with Crippen LogP contribution in [0.15, 0.2) is 18.6 Å². The van der Waals surface area contributed by atoms with Gasteiger partial charge in [0.1, 0.15) is 5.82 Å². The zero-order chi connectivity index (χ0) is 11.5. The summed E-state index contributed by atoms with van der Waals surface area (Å²) in [4.78, 5) is 4.28. The molecule has 2 aromatic heterocycles. The first-order chi connectivity index (χ1) is 7.70. The molecule has 5 heteroatoms. The van der Waals surface area contributed by atoms with Gasteiger partial charge in [0.15, 0.2) is 0 Å². The standard InChI is InChI=1S/C11H17N5/c1-9-10(7-12)8-16(14-9)5-3-11-13-4-6-15(11)2/h4,6,8H,3,5,7,12H2,1-2H3. The molecule has 16 heavy (non-hydrogen) atoms. The Morgan fingerprint density at radius 3 is 2.81 bits per heavy atom. The molecule has 2 aromatic rings. The van der Waals surface area contributed by atoms with Crippen LogP contribution in [-0.2, 0) is 26.6 Å². The lowest BCUT2D eigenvalue weighted by Crippen LogP contribution is -2.06. The predicted octanol–water partition coefficient (Wildman–Crippen LogP) is 0.626. The molecule has 0 aliphatic rings. The van der Waals surface area contributed by atoms with E-state index in [0.717, 1.165) is 30.0 Å². The van der Waals surface area contributed by atoms with Crippen LogP contribution in [0.25, 0.3) is 0 Å². The fraction of sp³-hybridized carbons (Fsp3) is 0.455. The molecule has 5 nitrogen and oxygen atoms in total. The summed E-state index contributed by atoms with van der Waals surface area (Å²) in [5.41, 5.74) is 7.74. The van der Waals surface area contributed by atoms with E-state index in [1.165, 1.54) is 0 Å². The van der Waals surface area contributed by atoms with Crippen LogP contribution in [0.1, 0.15) is 17.1 Å². The Labute approximate surface area is 94.9 Å². The molecule has 86 valence electrons. The summed E-state index contributed by atoms with van der Waals surface area (Å²) in [7, 11) is 2.00. The van der Waals surface area contributed by atoms with Crippen LogP contribution < -0.4 is 5.73 Å². The average Bonchev–Trinajstić information content (AvgIpc) is 2.82. The Bertz CT molecular complexity index is 468. The molecular weight excluding hydrogens is 202 g/mol. The van der Waals surface area contributed by atoms with Gasteiger partial charge in [-0.25, -0.2) is 4.98 Å². The van der Waals surface area contributed by atoms with Crippen molar-refractivity contribution < 1.29 is 0 Å². The van der Waals surface area contributed by atoms with Gasteiger partial charge in [0.2, 0.25) is 0 Å². The van der Waals surface area contributed by atoms with Gasteiger partial charge >= 0.3 is 0 Å². The lowest BCUT2D eigenvalue weighted by molar-refractivity contribution is 0.585. The predicted molar refractivity (Wildman–Crippen MR) is 61.8 cm³/mol. The molecule has 0 aromatic carbocycles. The number of hydrogen-bond acceptors (Lipinski definition) is 3. The minimum Gasteiger partial charge on any atom is -0.338 e. The largest absolute Gasteiger partial charge is 0.338 e. The summed E-state index contributed by atoms with van der Waals surface area (Å²) < 4.78 is 3.96. The number of aryl methyl sites for hydroxylation is 4. The smallest absolute Gasteiger partial charge is 0.110 e. The van der Waals surface area contributed by atoms with Crippen molar-refractivity contribution in [3.05, 3.63) is 35.7 Å². The lowest BCUT2D eigenvalue weighted by atomic mass is 10.3. The van der Waals surface area contributed by atoms with Gasteiger partial charge in [-0.05, 0) is 6.92 Å². The molecule has 0 fully saturated rings. The quantitative estimate of drug-likeness (QED) is 0.820. The molecule has 2 rings (SSSR count).